The zero-order valence-corrected chi connectivity index (χ0v) is 17.1. The molecule has 9 heteroatoms. The van der Waals surface area contributed by atoms with E-state index in [0.29, 0.717) is 0 Å². The summed E-state index contributed by atoms with van der Waals surface area (Å²) < 4.78 is 56.2. The van der Waals surface area contributed by atoms with Crippen molar-refractivity contribution in [2.24, 2.45) is 11.3 Å². The molecule has 0 aromatic carbocycles. The van der Waals surface area contributed by atoms with Crippen LogP contribution in [0.4, 0.5) is 23.2 Å². The molecule has 4 unspecified atom stereocenters. The molecule has 3 rings (SSSR count). The molecule has 0 saturated heterocycles. The number of Topliss-reactive ketones (excluding diaryl/α,β-unsaturated/α-hetero) is 1. The van der Waals surface area contributed by atoms with Crippen LogP contribution in [0.2, 0.25) is 0 Å². The normalized spacial score (nSPS) is 27.5. The molecule has 2 heterocycles. The molecule has 1 aromatic heterocycles. The van der Waals surface area contributed by atoms with Crippen molar-refractivity contribution in [2.75, 3.05) is 18.0 Å². The summed E-state index contributed by atoms with van der Waals surface area (Å²) >= 11 is 0. The zero-order valence-electron chi connectivity index (χ0n) is 17.1. The molecule has 1 saturated carbocycles. The second kappa shape index (κ2) is 8.07. The summed E-state index contributed by atoms with van der Waals surface area (Å²) in [6.45, 7) is 2.33. The molecule has 5 nitrogen and oxygen atoms in total. The summed E-state index contributed by atoms with van der Waals surface area (Å²) in [7, 11) is 0. The average Bonchev–Trinajstić information content (AvgIpc) is 2.65. The molecule has 0 radical (unpaired) electrons. The average molecular weight is 432 g/mol. The number of rotatable bonds is 5. The lowest BCUT2D eigenvalue weighted by atomic mass is 9.64. The summed E-state index contributed by atoms with van der Waals surface area (Å²) in [4.78, 5) is 17.4. The number of β-amino-alcohol motifs (C(OH)–C–C–N with tert-alkyl or cyclic N) is 1. The Hall–Kier alpha value is -1.74. The Morgan fingerprint density at radius 3 is 2.63 bits per heavy atom. The molecule has 30 heavy (non-hydrogen) atoms. The van der Waals surface area contributed by atoms with Crippen LogP contribution < -0.4 is 4.90 Å². The molecule has 0 spiro atoms. The lowest BCUT2D eigenvalue weighted by Gasteiger charge is -2.47. The van der Waals surface area contributed by atoms with Gasteiger partial charge >= 0.3 is 6.18 Å². The van der Waals surface area contributed by atoms with Gasteiger partial charge in [-0.2, -0.15) is 13.2 Å². The van der Waals surface area contributed by atoms with Crippen molar-refractivity contribution in [3.63, 3.8) is 0 Å². The highest BCUT2D eigenvalue weighted by Gasteiger charge is 2.58. The molecule has 0 bridgehead atoms. The van der Waals surface area contributed by atoms with E-state index in [2.05, 4.69) is 4.98 Å². The van der Waals surface area contributed by atoms with Gasteiger partial charge in [-0.15, -0.1) is 0 Å². The van der Waals surface area contributed by atoms with Crippen LogP contribution in [-0.2, 0) is 0 Å². The number of hydrogen-bond acceptors (Lipinski definition) is 5. The van der Waals surface area contributed by atoms with Crippen LogP contribution in [0.1, 0.15) is 56.4 Å². The van der Waals surface area contributed by atoms with Gasteiger partial charge in [-0.25, -0.2) is 4.39 Å². The Morgan fingerprint density at radius 1 is 1.27 bits per heavy atom. The molecule has 168 valence electrons. The fraction of sp³-hybridized carbons (Fsp3) is 0.714. The van der Waals surface area contributed by atoms with E-state index in [1.165, 1.54) is 37.1 Å². The SMILES string of the molecule is CC(C)(CC(O)(CN1CCC(=O)c2ncccc21)C(F)(F)F)C1CC(F)CCC1O. The monoisotopic (exact) mass is 432 g/mol. The standard InChI is InChI=1S/C21H28F4N2O3/c1-19(2,14-10-13(22)5-6-16(14)28)11-20(30,21(23,24)25)12-27-9-7-17(29)18-15(27)4-3-8-26-18/h3-4,8,13-14,16,28,30H,5-7,9-12H2,1-2H3. The van der Waals surface area contributed by atoms with E-state index in [1.54, 1.807) is 0 Å². The molecular weight excluding hydrogens is 404 g/mol. The predicted octanol–water partition coefficient (Wildman–Crippen LogP) is 3.68. The van der Waals surface area contributed by atoms with Crippen molar-refractivity contribution in [3.05, 3.63) is 24.0 Å². The third-order valence-corrected chi connectivity index (χ3v) is 6.48. The van der Waals surface area contributed by atoms with Crippen LogP contribution in [0.3, 0.4) is 0 Å². The lowest BCUT2D eigenvalue weighted by molar-refractivity contribution is -0.269. The lowest BCUT2D eigenvalue weighted by Crippen LogP contribution is -2.58. The van der Waals surface area contributed by atoms with Crippen LogP contribution in [0.25, 0.3) is 0 Å². The maximum atomic E-state index is 14.1. The quantitative estimate of drug-likeness (QED) is 0.695. The Kier molecular flexibility index (Phi) is 6.17. The van der Waals surface area contributed by atoms with Gasteiger partial charge < -0.3 is 15.1 Å². The van der Waals surface area contributed by atoms with E-state index in [-0.39, 0.29) is 49.4 Å². The number of hydrogen-bond donors (Lipinski definition) is 2. The number of aromatic nitrogens is 1. The fourth-order valence-corrected chi connectivity index (χ4v) is 4.90. The van der Waals surface area contributed by atoms with Crippen LogP contribution in [0.5, 0.6) is 0 Å². The first-order chi connectivity index (χ1) is 13.8. The first-order valence-electron chi connectivity index (χ1n) is 10.2. The number of fused-ring (bicyclic) bond motifs is 1. The Balaban J connectivity index is 1.88. The van der Waals surface area contributed by atoms with Gasteiger partial charge in [0, 0.05) is 19.2 Å². The topological polar surface area (TPSA) is 73.7 Å². The van der Waals surface area contributed by atoms with Crippen molar-refractivity contribution >= 4 is 11.5 Å². The second-order valence-corrected chi connectivity index (χ2v) is 9.24. The first kappa shape index (κ1) is 22.9. The number of aliphatic hydroxyl groups excluding tert-OH is 1. The minimum absolute atomic E-state index is 0.00616. The predicted molar refractivity (Wildman–Crippen MR) is 103 cm³/mol. The van der Waals surface area contributed by atoms with Crippen molar-refractivity contribution in [3.8, 4) is 0 Å². The van der Waals surface area contributed by atoms with Crippen molar-refractivity contribution in [1.82, 2.24) is 4.98 Å². The number of carbonyl (C=O) groups is 1. The summed E-state index contributed by atoms with van der Waals surface area (Å²) in [5.41, 5.74) is -3.92. The fourth-order valence-electron chi connectivity index (χ4n) is 4.90. The molecule has 1 fully saturated rings. The molecule has 1 aromatic rings. The van der Waals surface area contributed by atoms with Crippen LogP contribution in [0, 0.1) is 11.3 Å². The van der Waals surface area contributed by atoms with Crippen LogP contribution >= 0.6 is 0 Å². The van der Waals surface area contributed by atoms with Gasteiger partial charge in [0.05, 0.1) is 18.3 Å². The number of pyridine rings is 1. The summed E-state index contributed by atoms with van der Waals surface area (Å²) in [5.74, 6) is -0.955. The van der Waals surface area contributed by atoms with Gasteiger partial charge in [-0.3, -0.25) is 9.78 Å². The van der Waals surface area contributed by atoms with E-state index in [9.17, 15) is 32.6 Å². The van der Waals surface area contributed by atoms with Gasteiger partial charge in [0.1, 0.15) is 11.9 Å². The maximum absolute atomic E-state index is 14.1. The van der Waals surface area contributed by atoms with Crippen molar-refractivity contribution in [1.29, 1.82) is 0 Å². The van der Waals surface area contributed by atoms with Gasteiger partial charge in [0.25, 0.3) is 0 Å². The number of aliphatic hydroxyl groups is 2. The minimum Gasteiger partial charge on any atom is -0.393 e. The van der Waals surface area contributed by atoms with E-state index >= 15 is 0 Å². The largest absolute Gasteiger partial charge is 0.418 e. The number of carbonyl (C=O) groups excluding carboxylic acids is 1. The molecule has 2 aliphatic rings. The van der Waals surface area contributed by atoms with Crippen molar-refractivity contribution in [2.45, 2.75) is 70.0 Å². The summed E-state index contributed by atoms with van der Waals surface area (Å²) in [6.07, 6.45) is -6.00. The Labute approximate surface area is 173 Å². The van der Waals surface area contributed by atoms with Gasteiger partial charge in [0.2, 0.25) is 0 Å². The minimum atomic E-state index is -4.96. The Bertz CT molecular complexity index is 786. The van der Waals surface area contributed by atoms with Gasteiger partial charge in [-0.05, 0) is 49.1 Å². The Morgan fingerprint density at radius 2 is 1.97 bits per heavy atom. The smallest absolute Gasteiger partial charge is 0.393 e. The molecule has 2 N–H and O–H groups in total. The highest BCUT2D eigenvalue weighted by atomic mass is 19.4. The molecule has 1 aliphatic heterocycles. The third-order valence-electron chi connectivity index (χ3n) is 6.48. The number of nitrogens with zero attached hydrogens (tertiary/aromatic N) is 2. The van der Waals surface area contributed by atoms with E-state index in [4.69, 9.17) is 0 Å². The van der Waals surface area contributed by atoms with E-state index < -0.39 is 48.4 Å². The van der Waals surface area contributed by atoms with Crippen molar-refractivity contribution < 1.29 is 32.6 Å². The summed E-state index contributed by atoms with van der Waals surface area (Å²) in [6, 6.07) is 3.04. The molecular formula is C21H28F4N2O3. The number of alkyl halides is 4. The second-order valence-electron chi connectivity index (χ2n) is 9.24. The van der Waals surface area contributed by atoms with Gasteiger partial charge in [-0.1, -0.05) is 13.8 Å². The number of halogens is 4. The molecule has 1 aliphatic carbocycles. The number of ketones is 1. The third kappa shape index (κ3) is 4.46. The first-order valence-corrected chi connectivity index (χ1v) is 10.2. The highest BCUT2D eigenvalue weighted by Crippen LogP contribution is 2.48. The van der Waals surface area contributed by atoms with Crippen LogP contribution in [-0.4, -0.2) is 58.1 Å². The van der Waals surface area contributed by atoms with E-state index in [1.807, 2.05) is 0 Å². The highest BCUT2D eigenvalue weighted by molar-refractivity contribution is 6.01. The molecule has 0 amide bonds. The van der Waals surface area contributed by atoms with Gasteiger partial charge in [0.15, 0.2) is 11.4 Å². The number of anilines is 1. The maximum Gasteiger partial charge on any atom is 0.418 e. The summed E-state index contributed by atoms with van der Waals surface area (Å²) in [5, 5.41) is 21.2. The van der Waals surface area contributed by atoms with E-state index in [0.717, 1.165) is 0 Å². The zero-order chi connectivity index (χ0) is 22.3. The molecule has 4 atom stereocenters. The van der Waals surface area contributed by atoms with Crippen LogP contribution in [0.15, 0.2) is 18.3 Å².